The van der Waals surface area contributed by atoms with Crippen molar-refractivity contribution < 1.29 is 23.8 Å². The van der Waals surface area contributed by atoms with Gasteiger partial charge in [0, 0.05) is 19.7 Å². The Bertz CT molecular complexity index is 1180. The SMILES string of the molecule is COc1ccc(F)c(-c2ncc(COc3cccc(C(CC(=O)O)C4CC4)c3)nc2N(C)C)c1. The minimum Gasteiger partial charge on any atom is -0.497 e. The van der Waals surface area contributed by atoms with Gasteiger partial charge < -0.3 is 19.5 Å². The fourth-order valence-electron chi connectivity index (χ4n) is 4.03. The maximum atomic E-state index is 14.5. The number of hydrogen-bond acceptors (Lipinski definition) is 6. The molecule has 0 bridgehead atoms. The van der Waals surface area contributed by atoms with E-state index >= 15 is 0 Å². The molecule has 1 N–H and O–H groups in total. The van der Waals surface area contributed by atoms with Gasteiger partial charge in [-0.25, -0.2) is 9.37 Å². The molecular weight excluding hydrogens is 437 g/mol. The van der Waals surface area contributed by atoms with Crippen LogP contribution in [0.5, 0.6) is 11.5 Å². The summed E-state index contributed by atoms with van der Waals surface area (Å²) in [6.45, 7) is 0.172. The lowest BCUT2D eigenvalue weighted by molar-refractivity contribution is -0.137. The van der Waals surface area contributed by atoms with Gasteiger partial charge in [0.05, 0.1) is 25.4 Å². The van der Waals surface area contributed by atoms with Crippen molar-refractivity contribution in [2.75, 3.05) is 26.1 Å². The number of methoxy groups -OCH3 is 1. The van der Waals surface area contributed by atoms with E-state index in [2.05, 4.69) is 9.97 Å². The number of carbonyl (C=O) groups is 1. The molecule has 0 aliphatic heterocycles. The monoisotopic (exact) mass is 465 g/mol. The molecule has 1 aliphatic carbocycles. The van der Waals surface area contributed by atoms with Gasteiger partial charge in [-0.1, -0.05) is 12.1 Å². The van der Waals surface area contributed by atoms with Crippen molar-refractivity contribution in [3.8, 4) is 22.8 Å². The summed E-state index contributed by atoms with van der Waals surface area (Å²) < 4.78 is 25.7. The molecule has 0 saturated heterocycles. The van der Waals surface area contributed by atoms with Crippen LogP contribution in [-0.2, 0) is 11.4 Å². The quantitative estimate of drug-likeness (QED) is 0.456. The molecule has 0 radical (unpaired) electrons. The first kappa shape index (κ1) is 23.5. The zero-order chi connectivity index (χ0) is 24.2. The number of halogens is 1. The van der Waals surface area contributed by atoms with E-state index in [1.807, 2.05) is 38.4 Å². The van der Waals surface area contributed by atoms with Crippen molar-refractivity contribution in [3.05, 3.63) is 65.7 Å². The molecule has 1 fully saturated rings. The molecule has 34 heavy (non-hydrogen) atoms. The second kappa shape index (κ2) is 10.1. The summed E-state index contributed by atoms with van der Waals surface area (Å²) in [6.07, 6.45) is 3.81. The summed E-state index contributed by atoms with van der Waals surface area (Å²) in [7, 11) is 5.17. The summed E-state index contributed by atoms with van der Waals surface area (Å²) in [6, 6.07) is 12.1. The highest BCUT2D eigenvalue weighted by molar-refractivity contribution is 5.73. The van der Waals surface area contributed by atoms with Crippen LogP contribution in [0.4, 0.5) is 10.2 Å². The van der Waals surface area contributed by atoms with Crippen LogP contribution in [0.3, 0.4) is 0 Å². The zero-order valence-corrected chi connectivity index (χ0v) is 19.5. The van der Waals surface area contributed by atoms with Gasteiger partial charge in [0.15, 0.2) is 5.82 Å². The van der Waals surface area contributed by atoms with Gasteiger partial charge in [-0.3, -0.25) is 9.78 Å². The van der Waals surface area contributed by atoms with Crippen LogP contribution in [0.2, 0.25) is 0 Å². The number of hydrogen-bond donors (Lipinski definition) is 1. The number of benzene rings is 2. The Hall–Kier alpha value is -3.68. The van der Waals surface area contributed by atoms with Crippen LogP contribution in [0.25, 0.3) is 11.3 Å². The predicted molar refractivity (Wildman–Crippen MR) is 127 cm³/mol. The smallest absolute Gasteiger partial charge is 0.303 e. The molecule has 0 amide bonds. The normalized spacial score (nSPS) is 13.9. The van der Waals surface area contributed by atoms with Gasteiger partial charge in [0.2, 0.25) is 0 Å². The molecule has 0 spiro atoms. The highest BCUT2D eigenvalue weighted by atomic mass is 19.1. The standard InChI is InChI=1S/C26H28FN3O4/c1-30(2)26-25(22-12-19(33-3)9-10-23(22)27)28-14-18(29-26)15-34-20-6-4-5-17(11-20)21(13-24(31)32)16-7-8-16/h4-6,9-12,14,16,21H,7-8,13,15H2,1-3H3,(H,31,32). The molecule has 1 aliphatic rings. The Morgan fingerprint density at radius 3 is 2.68 bits per heavy atom. The summed E-state index contributed by atoms with van der Waals surface area (Å²) in [5.41, 5.74) is 2.28. The third-order valence-corrected chi connectivity index (χ3v) is 5.91. The van der Waals surface area contributed by atoms with E-state index in [0.29, 0.717) is 40.2 Å². The molecular formula is C26H28FN3O4. The Labute approximate surface area is 198 Å². The minimum absolute atomic E-state index is 0.00164. The minimum atomic E-state index is -0.790. The van der Waals surface area contributed by atoms with E-state index < -0.39 is 11.8 Å². The van der Waals surface area contributed by atoms with E-state index in [1.54, 1.807) is 23.2 Å². The fraction of sp³-hybridized carbons (Fsp3) is 0.346. The third kappa shape index (κ3) is 5.44. The molecule has 7 nitrogen and oxygen atoms in total. The van der Waals surface area contributed by atoms with E-state index in [0.717, 1.165) is 18.4 Å². The lowest BCUT2D eigenvalue weighted by atomic mass is 9.91. The first-order valence-electron chi connectivity index (χ1n) is 11.2. The van der Waals surface area contributed by atoms with Crippen LogP contribution >= 0.6 is 0 Å². The number of rotatable bonds is 10. The van der Waals surface area contributed by atoms with Gasteiger partial charge in [-0.2, -0.15) is 0 Å². The van der Waals surface area contributed by atoms with Crippen molar-refractivity contribution in [1.29, 1.82) is 0 Å². The van der Waals surface area contributed by atoms with Crippen LogP contribution in [0.15, 0.2) is 48.7 Å². The van der Waals surface area contributed by atoms with Crippen LogP contribution in [-0.4, -0.2) is 42.2 Å². The van der Waals surface area contributed by atoms with Crippen molar-refractivity contribution in [2.45, 2.75) is 31.8 Å². The van der Waals surface area contributed by atoms with Gasteiger partial charge in [-0.15, -0.1) is 0 Å². The summed E-state index contributed by atoms with van der Waals surface area (Å²) >= 11 is 0. The van der Waals surface area contributed by atoms with Gasteiger partial charge in [-0.05, 0) is 60.6 Å². The number of carboxylic acid groups (broad SMARTS) is 1. The molecule has 1 unspecified atom stereocenters. The molecule has 4 rings (SSSR count). The molecule has 178 valence electrons. The molecule has 1 saturated carbocycles. The number of ether oxygens (including phenoxy) is 2. The maximum absolute atomic E-state index is 14.5. The van der Waals surface area contributed by atoms with E-state index in [9.17, 15) is 14.3 Å². The first-order valence-corrected chi connectivity index (χ1v) is 11.2. The second-order valence-electron chi connectivity index (χ2n) is 8.68. The average molecular weight is 466 g/mol. The highest BCUT2D eigenvalue weighted by Crippen LogP contribution is 2.45. The number of anilines is 1. The summed E-state index contributed by atoms with van der Waals surface area (Å²) in [4.78, 5) is 22.2. The third-order valence-electron chi connectivity index (χ3n) is 5.91. The molecule has 8 heteroatoms. The zero-order valence-electron chi connectivity index (χ0n) is 19.5. The Kier molecular flexibility index (Phi) is 6.95. The number of aromatic nitrogens is 2. The molecule has 1 heterocycles. The van der Waals surface area contributed by atoms with Crippen molar-refractivity contribution in [3.63, 3.8) is 0 Å². The Balaban J connectivity index is 1.54. The van der Waals surface area contributed by atoms with Crippen molar-refractivity contribution in [1.82, 2.24) is 9.97 Å². The van der Waals surface area contributed by atoms with Crippen LogP contribution < -0.4 is 14.4 Å². The van der Waals surface area contributed by atoms with E-state index in [4.69, 9.17) is 9.47 Å². The van der Waals surface area contributed by atoms with E-state index in [-0.39, 0.29) is 18.9 Å². The largest absolute Gasteiger partial charge is 0.497 e. The van der Waals surface area contributed by atoms with E-state index in [1.165, 1.54) is 13.2 Å². The van der Waals surface area contributed by atoms with Gasteiger partial charge in [0.1, 0.15) is 29.6 Å². The summed E-state index contributed by atoms with van der Waals surface area (Å²) in [5, 5.41) is 9.28. The number of carboxylic acids is 1. The van der Waals surface area contributed by atoms with Crippen molar-refractivity contribution in [2.24, 2.45) is 5.92 Å². The second-order valence-corrected chi connectivity index (χ2v) is 8.68. The highest BCUT2D eigenvalue weighted by Gasteiger charge is 2.33. The van der Waals surface area contributed by atoms with Crippen LogP contribution in [0.1, 0.15) is 36.4 Å². The van der Waals surface area contributed by atoms with Crippen molar-refractivity contribution >= 4 is 11.8 Å². The topological polar surface area (TPSA) is 84.8 Å². The fourth-order valence-corrected chi connectivity index (χ4v) is 4.03. The Morgan fingerprint density at radius 1 is 1.21 bits per heavy atom. The lowest BCUT2D eigenvalue weighted by Crippen LogP contribution is -2.15. The molecule has 1 atom stereocenters. The summed E-state index contributed by atoms with van der Waals surface area (Å²) in [5.74, 6) is 0.903. The first-order chi connectivity index (χ1) is 16.4. The maximum Gasteiger partial charge on any atom is 0.303 e. The number of aliphatic carboxylic acids is 1. The number of nitrogens with zero attached hydrogens (tertiary/aromatic N) is 3. The lowest BCUT2D eigenvalue weighted by Gasteiger charge is -2.18. The Morgan fingerprint density at radius 2 is 2.00 bits per heavy atom. The average Bonchev–Trinajstić information content (AvgIpc) is 3.67. The molecule has 3 aromatic rings. The molecule has 1 aromatic heterocycles. The molecule has 2 aromatic carbocycles. The predicted octanol–water partition coefficient (Wildman–Crippen LogP) is 4.90. The van der Waals surface area contributed by atoms with Gasteiger partial charge >= 0.3 is 5.97 Å². The van der Waals surface area contributed by atoms with Crippen LogP contribution in [0, 0.1) is 11.7 Å². The van der Waals surface area contributed by atoms with Gasteiger partial charge in [0.25, 0.3) is 0 Å².